The number of carboxylic acid groups (broad SMARTS) is 1. The third-order valence-electron chi connectivity index (χ3n) is 6.70. The van der Waals surface area contributed by atoms with Gasteiger partial charge in [-0.3, -0.25) is 4.79 Å². The second kappa shape index (κ2) is 9.76. The first kappa shape index (κ1) is 25.2. The average molecular weight is 530 g/mol. The number of anilines is 2. The molecule has 0 amide bonds. The number of fused-ring (bicyclic) bond motifs is 2. The molecule has 5 rings (SSSR count). The van der Waals surface area contributed by atoms with Crippen LogP contribution in [0.3, 0.4) is 0 Å². The van der Waals surface area contributed by atoms with Crippen LogP contribution in [0.1, 0.15) is 51.4 Å². The van der Waals surface area contributed by atoms with E-state index in [1.165, 1.54) is 6.07 Å². The maximum Gasteiger partial charge on any atom is 0.356 e. The van der Waals surface area contributed by atoms with Crippen LogP contribution < -0.4 is 15.8 Å². The highest BCUT2D eigenvalue weighted by Gasteiger charge is 2.25. The fraction of sp³-hybridized carbons (Fsp3) is 0.259. The van der Waals surface area contributed by atoms with E-state index in [4.69, 9.17) is 16.6 Å². The standard InChI is InChI=1S/C27H24ClN7O3/c1-14-10-17(15(2)30-19-4-5-22(28)32-24(19)27(37)38)23-20(11-14)31-21(12-29)25(33-23)35-9-7-16-6-8-34(3)26(36)18(16)13-35/h4-6,8,10-11,15,30H,7,9,13H2,1-3H3,(H,37,38)/t15-/m1/s1. The molecule has 4 heterocycles. The number of aromatic carboxylic acids is 1. The second-order valence-electron chi connectivity index (χ2n) is 9.34. The third-order valence-corrected chi connectivity index (χ3v) is 6.91. The lowest BCUT2D eigenvalue weighted by molar-refractivity contribution is 0.0691. The van der Waals surface area contributed by atoms with Crippen molar-refractivity contribution < 1.29 is 9.90 Å². The van der Waals surface area contributed by atoms with Crippen molar-refractivity contribution in [1.29, 1.82) is 5.26 Å². The van der Waals surface area contributed by atoms with Gasteiger partial charge in [-0.05, 0) is 55.7 Å². The summed E-state index contributed by atoms with van der Waals surface area (Å²) >= 11 is 5.91. The van der Waals surface area contributed by atoms with Gasteiger partial charge in [0, 0.05) is 30.9 Å². The summed E-state index contributed by atoms with van der Waals surface area (Å²) in [6.45, 7) is 4.71. The molecule has 0 spiro atoms. The molecule has 11 heteroatoms. The molecule has 2 N–H and O–H groups in total. The van der Waals surface area contributed by atoms with Crippen molar-refractivity contribution in [3.05, 3.63) is 85.7 Å². The fourth-order valence-electron chi connectivity index (χ4n) is 4.80. The van der Waals surface area contributed by atoms with E-state index in [0.29, 0.717) is 47.6 Å². The number of halogens is 1. The highest BCUT2D eigenvalue weighted by molar-refractivity contribution is 6.29. The lowest BCUT2D eigenvalue weighted by atomic mass is 10.0. The maximum atomic E-state index is 12.8. The van der Waals surface area contributed by atoms with Crippen LogP contribution in [0, 0.1) is 18.3 Å². The Hall–Kier alpha value is -4.49. The smallest absolute Gasteiger partial charge is 0.356 e. The Balaban J connectivity index is 1.59. The van der Waals surface area contributed by atoms with Crippen LogP contribution in [0.15, 0.2) is 41.3 Å². The molecule has 4 aromatic rings. The van der Waals surface area contributed by atoms with Gasteiger partial charge < -0.3 is 19.9 Å². The molecule has 0 unspecified atom stereocenters. The molecule has 0 saturated heterocycles. The molecule has 1 aliphatic rings. The highest BCUT2D eigenvalue weighted by atomic mass is 35.5. The van der Waals surface area contributed by atoms with Gasteiger partial charge in [0.15, 0.2) is 17.2 Å². The molecule has 38 heavy (non-hydrogen) atoms. The quantitative estimate of drug-likeness (QED) is 0.367. The van der Waals surface area contributed by atoms with Crippen LogP contribution in [-0.2, 0) is 20.0 Å². The largest absolute Gasteiger partial charge is 0.476 e. The van der Waals surface area contributed by atoms with Crippen LogP contribution in [-0.4, -0.2) is 37.1 Å². The van der Waals surface area contributed by atoms with Crippen LogP contribution in [0.2, 0.25) is 5.15 Å². The number of nitrogens with one attached hydrogen (secondary N) is 1. The highest BCUT2D eigenvalue weighted by Crippen LogP contribution is 2.31. The van der Waals surface area contributed by atoms with Gasteiger partial charge >= 0.3 is 5.97 Å². The molecule has 10 nitrogen and oxygen atoms in total. The van der Waals surface area contributed by atoms with Gasteiger partial charge in [-0.25, -0.2) is 19.7 Å². The first-order valence-electron chi connectivity index (χ1n) is 12.0. The van der Waals surface area contributed by atoms with E-state index in [0.717, 1.165) is 16.7 Å². The monoisotopic (exact) mass is 529 g/mol. The first-order chi connectivity index (χ1) is 18.2. The number of benzene rings is 1. The number of carbonyl (C=O) groups is 1. The summed E-state index contributed by atoms with van der Waals surface area (Å²) in [7, 11) is 1.72. The third kappa shape index (κ3) is 4.53. The number of rotatable bonds is 5. The summed E-state index contributed by atoms with van der Waals surface area (Å²) in [4.78, 5) is 39.9. The number of aromatic nitrogens is 4. The van der Waals surface area contributed by atoms with Crippen molar-refractivity contribution in [3.8, 4) is 6.07 Å². The first-order valence-corrected chi connectivity index (χ1v) is 12.3. The van der Waals surface area contributed by atoms with Gasteiger partial charge in [-0.1, -0.05) is 17.7 Å². The van der Waals surface area contributed by atoms with E-state index in [-0.39, 0.29) is 28.1 Å². The number of hydrogen-bond acceptors (Lipinski definition) is 8. The lowest BCUT2D eigenvalue weighted by Crippen LogP contribution is -2.37. The topological polar surface area (TPSA) is 137 Å². The Kier molecular flexibility index (Phi) is 6.46. The Morgan fingerprint density at radius 1 is 1.24 bits per heavy atom. The average Bonchev–Trinajstić information content (AvgIpc) is 2.90. The molecule has 0 bridgehead atoms. The van der Waals surface area contributed by atoms with Gasteiger partial charge in [0.1, 0.15) is 11.2 Å². The zero-order valence-corrected chi connectivity index (χ0v) is 21.7. The zero-order chi connectivity index (χ0) is 27.1. The van der Waals surface area contributed by atoms with Crippen LogP contribution in [0.4, 0.5) is 11.5 Å². The predicted molar refractivity (Wildman–Crippen MR) is 144 cm³/mol. The minimum Gasteiger partial charge on any atom is -0.476 e. The normalized spacial score (nSPS) is 13.6. The van der Waals surface area contributed by atoms with Gasteiger partial charge in [-0.15, -0.1) is 0 Å². The lowest BCUT2D eigenvalue weighted by Gasteiger charge is -2.30. The van der Waals surface area contributed by atoms with E-state index in [9.17, 15) is 20.0 Å². The van der Waals surface area contributed by atoms with Gasteiger partial charge in [0.25, 0.3) is 5.56 Å². The van der Waals surface area contributed by atoms with E-state index >= 15 is 0 Å². The van der Waals surface area contributed by atoms with Gasteiger partial charge in [-0.2, -0.15) is 5.26 Å². The minimum atomic E-state index is -1.20. The zero-order valence-electron chi connectivity index (χ0n) is 21.0. The van der Waals surface area contributed by atoms with Crippen molar-refractivity contribution in [1.82, 2.24) is 19.5 Å². The Morgan fingerprint density at radius 2 is 2.03 bits per heavy atom. The molecule has 0 radical (unpaired) electrons. The number of aryl methyl sites for hydroxylation is 2. The van der Waals surface area contributed by atoms with Crippen molar-refractivity contribution in [2.75, 3.05) is 16.8 Å². The van der Waals surface area contributed by atoms with Crippen LogP contribution >= 0.6 is 11.6 Å². The molecule has 0 saturated carbocycles. The van der Waals surface area contributed by atoms with Crippen molar-refractivity contribution in [3.63, 3.8) is 0 Å². The molecule has 1 aliphatic heterocycles. The molecule has 0 fully saturated rings. The molecular formula is C27H24ClN7O3. The minimum absolute atomic E-state index is 0.0700. The van der Waals surface area contributed by atoms with E-state index in [1.807, 2.05) is 36.9 Å². The number of nitrogens with zero attached hydrogens (tertiary/aromatic N) is 6. The van der Waals surface area contributed by atoms with E-state index < -0.39 is 5.97 Å². The molecule has 192 valence electrons. The maximum absolute atomic E-state index is 12.8. The number of nitriles is 1. The molecular weight excluding hydrogens is 506 g/mol. The molecule has 0 aliphatic carbocycles. The van der Waals surface area contributed by atoms with Gasteiger partial charge in [0.2, 0.25) is 0 Å². The number of pyridine rings is 2. The summed E-state index contributed by atoms with van der Waals surface area (Å²) < 4.78 is 1.55. The second-order valence-corrected chi connectivity index (χ2v) is 9.73. The number of carboxylic acids is 1. The predicted octanol–water partition coefficient (Wildman–Crippen LogP) is 3.99. The van der Waals surface area contributed by atoms with E-state index in [1.54, 1.807) is 23.9 Å². The Labute approximate surface area is 223 Å². The molecule has 1 atom stereocenters. The molecule has 1 aromatic carbocycles. The van der Waals surface area contributed by atoms with Crippen molar-refractivity contribution >= 4 is 40.1 Å². The van der Waals surface area contributed by atoms with E-state index in [2.05, 4.69) is 21.4 Å². The summed E-state index contributed by atoms with van der Waals surface area (Å²) in [6, 6.07) is 10.6. The Bertz CT molecular complexity index is 1710. The van der Waals surface area contributed by atoms with Crippen molar-refractivity contribution in [2.24, 2.45) is 7.05 Å². The van der Waals surface area contributed by atoms with Crippen LogP contribution in [0.25, 0.3) is 11.0 Å². The summed E-state index contributed by atoms with van der Waals surface area (Å²) in [6.07, 6.45) is 2.42. The van der Waals surface area contributed by atoms with Gasteiger partial charge in [0.05, 0.1) is 29.3 Å². The summed E-state index contributed by atoms with van der Waals surface area (Å²) in [5.74, 6) is -0.790. The fourth-order valence-corrected chi connectivity index (χ4v) is 4.95. The SMILES string of the molecule is Cc1cc([C@@H](C)Nc2ccc(Cl)nc2C(=O)O)c2nc(N3CCc4ccn(C)c(=O)c4C3)c(C#N)nc2c1. The Morgan fingerprint density at radius 3 is 2.76 bits per heavy atom. The van der Waals surface area contributed by atoms with Crippen molar-refractivity contribution in [2.45, 2.75) is 32.9 Å². The summed E-state index contributed by atoms with van der Waals surface area (Å²) in [5.41, 5.74) is 4.74. The number of hydrogen-bond donors (Lipinski definition) is 2. The van der Waals surface area contributed by atoms with Crippen LogP contribution in [0.5, 0.6) is 0 Å². The summed E-state index contributed by atoms with van der Waals surface area (Å²) in [5, 5.41) is 22.8. The molecule has 3 aromatic heterocycles.